The van der Waals surface area contributed by atoms with Crippen LogP contribution >= 0.6 is 0 Å². The van der Waals surface area contributed by atoms with Gasteiger partial charge in [0.05, 0.1) is 12.1 Å². The maximum absolute atomic E-state index is 12.2. The molecule has 1 aliphatic heterocycles. The summed E-state index contributed by atoms with van der Waals surface area (Å²) in [6.07, 6.45) is 3.08. The molecule has 6 heteroatoms. The number of piperidine rings is 1. The predicted octanol–water partition coefficient (Wildman–Crippen LogP) is -0.518. The maximum atomic E-state index is 12.2. The van der Waals surface area contributed by atoms with Gasteiger partial charge in [0.25, 0.3) is 0 Å². The fourth-order valence-corrected chi connectivity index (χ4v) is 2.68. The predicted molar refractivity (Wildman–Crippen MR) is 63.8 cm³/mol. The Balaban J connectivity index is 1.98. The largest absolute Gasteiger partial charge is 0.370 e. The van der Waals surface area contributed by atoms with Gasteiger partial charge >= 0.3 is 0 Å². The zero-order valence-electron chi connectivity index (χ0n) is 10.2. The molecule has 0 spiro atoms. The number of carbonyl (C=O) groups excluding carboxylic acids is 2. The lowest BCUT2D eigenvalue weighted by Gasteiger charge is -2.33. The minimum Gasteiger partial charge on any atom is -0.370 e. The molecule has 2 amide bonds. The summed E-state index contributed by atoms with van der Waals surface area (Å²) < 4.78 is 0. The van der Waals surface area contributed by atoms with Gasteiger partial charge in [-0.25, -0.2) is 0 Å². The van der Waals surface area contributed by atoms with Crippen molar-refractivity contribution in [3.63, 3.8) is 0 Å². The van der Waals surface area contributed by atoms with Crippen molar-refractivity contribution < 1.29 is 9.59 Å². The first-order chi connectivity index (χ1) is 8.54. The van der Waals surface area contributed by atoms with E-state index in [0.29, 0.717) is 5.92 Å². The molecule has 0 radical (unpaired) electrons. The number of nitrogens with zero attached hydrogens (tertiary/aromatic N) is 2. The SMILES string of the molecule is N#CC1CCC2CC2N1C(=O)[C@@H](N)CCC(N)=O. The monoisotopic (exact) mass is 250 g/mol. The molecule has 6 nitrogen and oxygen atoms in total. The van der Waals surface area contributed by atoms with Crippen LogP contribution in [-0.4, -0.2) is 34.8 Å². The Morgan fingerprint density at radius 2 is 2.17 bits per heavy atom. The molecule has 0 aromatic carbocycles. The highest BCUT2D eigenvalue weighted by atomic mass is 16.2. The molecule has 0 aromatic rings. The Bertz CT molecular complexity index is 403. The highest BCUT2D eigenvalue weighted by Gasteiger charge is 2.50. The maximum Gasteiger partial charge on any atom is 0.240 e. The number of hydrogen-bond donors (Lipinski definition) is 2. The standard InChI is InChI=1S/C12H18N4O2/c13-6-8-2-1-7-5-10(7)16(8)12(18)9(14)3-4-11(15)17/h7-10H,1-5,14H2,(H2,15,17)/t7?,8?,9-,10?/m0/s1. The van der Waals surface area contributed by atoms with Crippen molar-refractivity contribution in [3.8, 4) is 6.07 Å². The first-order valence-corrected chi connectivity index (χ1v) is 6.30. The summed E-state index contributed by atoms with van der Waals surface area (Å²) in [7, 11) is 0. The average Bonchev–Trinajstić information content (AvgIpc) is 3.12. The number of nitrogens with two attached hydrogens (primary N) is 2. The fraction of sp³-hybridized carbons (Fsp3) is 0.750. The van der Waals surface area contributed by atoms with Gasteiger partial charge in [0.1, 0.15) is 6.04 Å². The molecule has 1 saturated heterocycles. The molecule has 2 aliphatic rings. The lowest BCUT2D eigenvalue weighted by atomic mass is 10.0. The Morgan fingerprint density at radius 3 is 2.78 bits per heavy atom. The van der Waals surface area contributed by atoms with Crippen LogP contribution in [0, 0.1) is 17.2 Å². The van der Waals surface area contributed by atoms with E-state index >= 15 is 0 Å². The molecule has 2 fully saturated rings. The van der Waals surface area contributed by atoms with Gasteiger partial charge < -0.3 is 16.4 Å². The number of rotatable bonds is 4. The number of likely N-dealkylation sites (tertiary alicyclic amines) is 1. The molecular weight excluding hydrogens is 232 g/mol. The molecule has 3 unspecified atom stereocenters. The van der Waals surface area contributed by atoms with Crippen molar-refractivity contribution in [3.05, 3.63) is 0 Å². The fourth-order valence-electron chi connectivity index (χ4n) is 2.68. The average molecular weight is 250 g/mol. The Hall–Kier alpha value is -1.61. The summed E-state index contributed by atoms with van der Waals surface area (Å²) in [6.45, 7) is 0. The van der Waals surface area contributed by atoms with Gasteiger partial charge in [0.2, 0.25) is 11.8 Å². The highest BCUT2D eigenvalue weighted by Crippen LogP contribution is 2.45. The number of hydrogen-bond acceptors (Lipinski definition) is 4. The summed E-state index contributed by atoms with van der Waals surface area (Å²) in [5.74, 6) is -0.130. The van der Waals surface area contributed by atoms with E-state index in [1.165, 1.54) is 0 Å². The van der Waals surface area contributed by atoms with Gasteiger partial charge in [-0.3, -0.25) is 9.59 Å². The van der Waals surface area contributed by atoms with E-state index < -0.39 is 11.9 Å². The van der Waals surface area contributed by atoms with Crippen LogP contribution in [0.3, 0.4) is 0 Å². The molecular formula is C12H18N4O2. The third-order valence-electron chi connectivity index (χ3n) is 3.81. The van der Waals surface area contributed by atoms with Crippen molar-refractivity contribution in [1.82, 2.24) is 4.90 Å². The summed E-state index contributed by atoms with van der Waals surface area (Å²) in [5.41, 5.74) is 10.8. The van der Waals surface area contributed by atoms with Gasteiger partial charge in [0.15, 0.2) is 0 Å². The second-order valence-corrected chi connectivity index (χ2v) is 5.14. The van der Waals surface area contributed by atoms with Crippen molar-refractivity contribution in [2.45, 2.75) is 50.2 Å². The molecule has 4 atom stereocenters. The number of amides is 2. The van der Waals surface area contributed by atoms with Gasteiger partial charge in [-0.15, -0.1) is 0 Å². The Labute approximate surface area is 106 Å². The van der Waals surface area contributed by atoms with E-state index in [2.05, 4.69) is 6.07 Å². The van der Waals surface area contributed by atoms with Crippen molar-refractivity contribution in [1.29, 1.82) is 5.26 Å². The normalized spacial score (nSPS) is 31.1. The number of fused-ring (bicyclic) bond motifs is 1. The zero-order valence-corrected chi connectivity index (χ0v) is 10.2. The van der Waals surface area contributed by atoms with E-state index in [1.807, 2.05) is 0 Å². The molecule has 1 heterocycles. The summed E-state index contributed by atoms with van der Waals surface area (Å²) in [4.78, 5) is 24.5. The molecule has 18 heavy (non-hydrogen) atoms. The van der Waals surface area contributed by atoms with Crippen LogP contribution in [0.15, 0.2) is 0 Å². The quantitative estimate of drug-likeness (QED) is 0.699. The molecule has 0 aromatic heterocycles. The van der Waals surface area contributed by atoms with Crippen molar-refractivity contribution >= 4 is 11.8 Å². The first-order valence-electron chi connectivity index (χ1n) is 6.30. The van der Waals surface area contributed by atoms with Gasteiger partial charge in [-0.2, -0.15) is 5.26 Å². The van der Waals surface area contributed by atoms with Gasteiger partial charge in [-0.1, -0.05) is 0 Å². The van der Waals surface area contributed by atoms with Crippen molar-refractivity contribution in [2.24, 2.45) is 17.4 Å². The van der Waals surface area contributed by atoms with E-state index in [4.69, 9.17) is 16.7 Å². The molecule has 0 bridgehead atoms. The van der Waals surface area contributed by atoms with Crippen molar-refractivity contribution in [2.75, 3.05) is 0 Å². The Kier molecular flexibility index (Phi) is 3.53. The van der Waals surface area contributed by atoms with Gasteiger partial charge in [0, 0.05) is 12.5 Å². The number of nitriles is 1. The smallest absolute Gasteiger partial charge is 0.240 e. The lowest BCUT2D eigenvalue weighted by molar-refractivity contribution is -0.136. The van der Waals surface area contributed by atoms with Gasteiger partial charge in [-0.05, 0) is 31.6 Å². The second-order valence-electron chi connectivity index (χ2n) is 5.14. The topological polar surface area (TPSA) is 113 Å². The van der Waals surface area contributed by atoms with Crippen LogP contribution in [0.1, 0.15) is 32.1 Å². The third-order valence-corrected chi connectivity index (χ3v) is 3.81. The summed E-state index contributed by atoms with van der Waals surface area (Å²) in [6, 6.07) is 1.27. The molecule has 98 valence electrons. The van der Waals surface area contributed by atoms with E-state index in [1.54, 1.807) is 4.90 Å². The molecule has 1 aliphatic carbocycles. The first kappa shape index (κ1) is 12.8. The molecule has 1 saturated carbocycles. The summed E-state index contributed by atoms with van der Waals surface area (Å²) in [5, 5.41) is 9.09. The lowest BCUT2D eigenvalue weighted by Crippen LogP contribution is -2.51. The number of carbonyl (C=O) groups is 2. The van der Waals surface area contributed by atoms with Crippen LogP contribution in [0.5, 0.6) is 0 Å². The number of primary amides is 1. The van der Waals surface area contributed by atoms with E-state index in [-0.39, 0.29) is 30.8 Å². The summed E-state index contributed by atoms with van der Waals surface area (Å²) >= 11 is 0. The molecule has 4 N–H and O–H groups in total. The highest BCUT2D eigenvalue weighted by molar-refractivity contribution is 5.84. The minimum atomic E-state index is -0.729. The van der Waals surface area contributed by atoms with E-state index in [9.17, 15) is 9.59 Å². The van der Waals surface area contributed by atoms with Crippen LogP contribution in [0.25, 0.3) is 0 Å². The Morgan fingerprint density at radius 1 is 1.44 bits per heavy atom. The van der Waals surface area contributed by atoms with Crippen LogP contribution < -0.4 is 11.5 Å². The third kappa shape index (κ3) is 2.46. The minimum absolute atomic E-state index is 0.103. The second kappa shape index (κ2) is 4.94. The zero-order chi connectivity index (χ0) is 13.3. The van der Waals surface area contributed by atoms with E-state index in [0.717, 1.165) is 19.3 Å². The molecule has 2 rings (SSSR count). The van der Waals surface area contributed by atoms with Crippen LogP contribution in [0.4, 0.5) is 0 Å². The van der Waals surface area contributed by atoms with Crippen LogP contribution in [-0.2, 0) is 9.59 Å². The van der Waals surface area contributed by atoms with Crippen LogP contribution in [0.2, 0.25) is 0 Å².